The third kappa shape index (κ3) is 3.04. The van der Waals surface area contributed by atoms with Gasteiger partial charge in [0.2, 0.25) is 0 Å². The van der Waals surface area contributed by atoms with Gasteiger partial charge in [-0.3, -0.25) is 9.80 Å². The second-order valence-electron chi connectivity index (χ2n) is 5.26. The zero-order chi connectivity index (χ0) is 12.4. The molecular formula is C14H20IN3. The normalized spacial score (nSPS) is 22.9. The van der Waals surface area contributed by atoms with E-state index in [1.807, 2.05) is 0 Å². The molecule has 0 spiro atoms. The van der Waals surface area contributed by atoms with Gasteiger partial charge in [0.25, 0.3) is 0 Å². The van der Waals surface area contributed by atoms with Crippen LogP contribution in [0.2, 0.25) is 0 Å². The summed E-state index contributed by atoms with van der Waals surface area (Å²) in [7, 11) is 0. The SMILES string of the molecule is Ic1ccc(CN2CC(N3CCNCC3)C2)cc1. The first-order valence-corrected chi connectivity index (χ1v) is 7.81. The molecule has 0 amide bonds. The molecule has 2 aliphatic rings. The zero-order valence-corrected chi connectivity index (χ0v) is 12.8. The molecule has 2 heterocycles. The first-order chi connectivity index (χ1) is 8.81. The summed E-state index contributed by atoms with van der Waals surface area (Å²) in [5, 5.41) is 3.42. The van der Waals surface area contributed by atoms with Crippen molar-refractivity contribution in [3.8, 4) is 0 Å². The molecular weight excluding hydrogens is 337 g/mol. The van der Waals surface area contributed by atoms with Gasteiger partial charge in [-0.15, -0.1) is 0 Å². The highest BCUT2D eigenvalue weighted by Crippen LogP contribution is 2.18. The van der Waals surface area contributed by atoms with Crippen molar-refractivity contribution >= 4 is 22.6 Å². The van der Waals surface area contributed by atoms with E-state index >= 15 is 0 Å². The Morgan fingerprint density at radius 3 is 2.44 bits per heavy atom. The van der Waals surface area contributed by atoms with Crippen molar-refractivity contribution in [3.63, 3.8) is 0 Å². The first kappa shape index (κ1) is 12.8. The Hall–Kier alpha value is -0.170. The smallest absolute Gasteiger partial charge is 0.0351 e. The van der Waals surface area contributed by atoms with Crippen LogP contribution < -0.4 is 5.32 Å². The predicted octanol–water partition coefficient (Wildman–Crippen LogP) is 1.38. The molecule has 1 aromatic rings. The lowest BCUT2D eigenvalue weighted by Gasteiger charge is -2.46. The van der Waals surface area contributed by atoms with Crippen LogP contribution in [0.1, 0.15) is 5.56 Å². The van der Waals surface area contributed by atoms with Crippen LogP contribution in [0.5, 0.6) is 0 Å². The van der Waals surface area contributed by atoms with Crippen LogP contribution >= 0.6 is 22.6 Å². The molecule has 18 heavy (non-hydrogen) atoms. The van der Waals surface area contributed by atoms with Crippen LogP contribution in [0.15, 0.2) is 24.3 Å². The van der Waals surface area contributed by atoms with E-state index in [2.05, 4.69) is 62.0 Å². The van der Waals surface area contributed by atoms with Crippen molar-refractivity contribution in [2.24, 2.45) is 0 Å². The van der Waals surface area contributed by atoms with Gasteiger partial charge in [-0.25, -0.2) is 0 Å². The van der Waals surface area contributed by atoms with Crippen LogP contribution in [-0.4, -0.2) is 55.1 Å². The van der Waals surface area contributed by atoms with Crippen molar-refractivity contribution in [1.82, 2.24) is 15.1 Å². The molecule has 0 aromatic heterocycles. The fourth-order valence-electron chi connectivity index (χ4n) is 2.80. The summed E-state index contributed by atoms with van der Waals surface area (Å²) in [6, 6.07) is 9.70. The molecule has 0 unspecified atom stereocenters. The van der Waals surface area contributed by atoms with E-state index in [1.165, 1.54) is 35.3 Å². The molecule has 1 N–H and O–H groups in total. The summed E-state index contributed by atoms with van der Waals surface area (Å²) in [4.78, 5) is 5.19. The number of rotatable bonds is 3. The molecule has 0 bridgehead atoms. The number of hydrogen-bond donors (Lipinski definition) is 1. The average Bonchev–Trinajstić information content (AvgIpc) is 2.36. The van der Waals surface area contributed by atoms with Gasteiger partial charge in [-0.2, -0.15) is 0 Å². The van der Waals surface area contributed by atoms with Crippen molar-refractivity contribution in [1.29, 1.82) is 0 Å². The number of nitrogens with one attached hydrogen (secondary N) is 1. The lowest BCUT2D eigenvalue weighted by Crippen LogP contribution is -2.62. The quantitative estimate of drug-likeness (QED) is 0.825. The number of hydrogen-bond acceptors (Lipinski definition) is 3. The fraction of sp³-hybridized carbons (Fsp3) is 0.571. The molecule has 3 nitrogen and oxygen atoms in total. The molecule has 0 saturated carbocycles. The summed E-state index contributed by atoms with van der Waals surface area (Å²) >= 11 is 2.36. The molecule has 2 fully saturated rings. The highest BCUT2D eigenvalue weighted by atomic mass is 127. The van der Waals surface area contributed by atoms with Gasteiger partial charge in [0.1, 0.15) is 0 Å². The molecule has 0 radical (unpaired) electrons. The number of nitrogens with zero attached hydrogens (tertiary/aromatic N) is 2. The summed E-state index contributed by atoms with van der Waals surface area (Å²) in [5.74, 6) is 0. The van der Waals surface area contributed by atoms with Gasteiger partial charge in [-0.1, -0.05) is 12.1 Å². The zero-order valence-electron chi connectivity index (χ0n) is 10.6. The molecule has 2 saturated heterocycles. The van der Waals surface area contributed by atoms with E-state index in [4.69, 9.17) is 0 Å². The van der Waals surface area contributed by atoms with E-state index in [0.717, 1.165) is 25.7 Å². The summed E-state index contributed by atoms with van der Waals surface area (Å²) in [6.07, 6.45) is 0. The highest BCUT2D eigenvalue weighted by molar-refractivity contribution is 14.1. The van der Waals surface area contributed by atoms with Gasteiger partial charge < -0.3 is 5.32 Å². The lowest BCUT2D eigenvalue weighted by molar-refractivity contribution is 0.0223. The molecule has 98 valence electrons. The standard InChI is InChI=1S/C14H20IN3/c15-13-3-1-12(2-4-13)9-17-10-14(11-17)18-7-5-16-6-8-18/h1-4,14,16H,5-11H2. The third-order valence-electron chi connectivity index (χ3n) is 3.93. The number of halogens is 1. The Morgan fingerprint density at radius 1 is 1.11 bits per heavy atom. The Balaban J connectivity index is 1.46. The van der Waals surface area contributed by atoms with Crippen LogP contribution in [-0.2, 0) is 6.54 Å². The van der Waals surface area contributed by atoms with Crippen LogP contribution in [0.3, 0.4) is 0 Å². The number of benzene rings is 1. The van der Waals surface area contributed by atoms with Gasteiger partial charge in [0.15, 0.2) is 0 Å². The molecule has 1 aromatic carbocycles. The van der Waals surface area contributed by atoms with Crippen molar-refractivity contribution in [3.05, 3.63) is 33.4 Å². The Morgan fingerprint density at radius 2 is 1.78 bits per heavy atom. The van der Waals surface area contributed by atoms with Crippen LogP contribution in [0.4, 0.5) is 0 Å². The molecule has 0 atom stereocenters. The van der Waals surface area contributed by atoms with Crippen LogP contribution in [0.25, 0.3) is 0 Å². The maximum Gasteiger partial charge on any atom is 0.0351 e. The van der Waals surface area contributed by atoms with Crippen molar-refractivity contribution < 1.29 is 0 Å². The van der Waals surface area contributed by atoms with E-state index in [1.54, 1.807) is 0 Å². The van der Waals surface area contributed by atoms with Crippen LogP contribution in [0, 0.1) is 3.57 Å². The molecule has 2 aliphatic heterocycles. The monoisotopic (exact) mass is 357 g/mol. The predicted molar refractivity (Wildman–Crippen MR) is 82.7 cm³/mol. The second-order valence-corrected chi connectivity index (χ2v) is 6.51. The van der Waals surface area contributed by atoms with E-state index in [-0.39, 0.29) is 0 Å². The molecule has 0 aliphatic carbocycles. The average molecular weight is 357 g/mol. The Bertz CT molecular complexity index is 381. The Labute approximate surface area is 123 Å². The summed E-state index contributed by atoms with van der Waals surface area (Å²) < 4.78 is 1.32. The first-order valence-electron chi connectivity index (χ1n) is 6.73. The van der Waals surface area contributed by atoms with Gasteiger partial charge in [-0.05, 0) is 40.3 Å². The highest BCUT2D eigenvalue weighted by Gasteiger charge is 2.31. The number of piperazine rings is 1. The second kappa shape index (κ2) is 5.86. The van der Waals surface area contributed by atoms with Crippen molar-refractivity contribution in [2.45, 2.75) is 12.6 Å². The third-order valence-corrected chi connectivity index (χ3v) is 4.64. The maximum atomic E-state index is 3.42. The van der Waals surface area contributed by atoms with E-state index in [9.17, 15) is 0 Å². The minimum Gasteiger partial charge on any atom is -0.314 e. The summed E-state index contributed by atoms with van der Waals surface area (Å²) in [6.45, 7) is 8.36. The lowest BCUT2D eigenvalue weighted by atomic mass is 10.0. The molecule has 3 rings (SSSR count). The minimum atomic E-state index is 0.802. The number of likely N-dealkylation sites (tertiary alicyclic amines) is 1. The molecule has 4 heteroatoms. The Kier molecular flexibility index (Phi) is 4.18. The van der Waals surface area contributed by atoms with Gasteiger partial charge in [0.05, 0.1) is 0 Å². The van der Waals surface area contributed by atoms with Gasteiger partial charge >= 0.3 is 0 Å². The van der Waals surface area contributed by atoms with Gasteiger partial charge in [0, 0.05) is 55.4 Å². The van der Waals surface area contributed by atoms with Crippen molar-refractivity contribution in [2.75, 3.05) is 39.3 Å². The largest absolute Gasteiger partial charge is 0.314 e. The topological polar surface area (TPSA) is 18.5 Å². The summed E-state index contributed by atoms with van der Waals surface area (Å²) in [5.41, 5.74) is 1.44. The fourth-order valence-corrected chi connectivity index (χ4v) is 3.16. The van der Waals surface area contributed by atoms with E-state index in [0.29, 0.717) is 0 Å². The maximum absolute atomic E-state index is 3.42. The van der Waals surface area contributed by atoms with E-state index < -0.39 is 0 Å². The minimum absolute atomic E-state index is 0.802.